The molecule has 0 N–H and O–H groups in total. The average molecular weight is 307 g/mol. The van der Waals surface area contributed by atoms with Crippen LogP contribution in [0.2, 0.25) is 0 Å². The third kappa shape index (κ3) is 3.71. The molecule has 1 aliphatic carbocycles. The van der Waals surface area contributed by atoms with E-state index in [1.165, 1.54) is 4.31 Å². The Kier molecular flexibility index (Phi) is 5.42. The van der Waals surface area contributed by atoms with Crippen LogP contribution < -0.4 is 0 Å². The van der Waals surface area contributed by atoms with Gasteiger partial charge in [-0.15, -0.1) is 0 Å². The SMILES string of the molecule is CCOCCS(=O)(=O)N(C)C1CCC2(CC1)OCCO2. The molecule has 0 unspecified atom stereocenters. The topological polar surface area (TPSA) is 65.1 Å². The van der Waals surface area contributed by atoms with Crippen molar-refractivity contribution >= 4 is 10.0 Å². The second-order valence-electron chi connectivity index (χ2n) is 5.37. The van der Waals surface area contributed by atoms with Crippen LogP contribution in [0.3, 0.4) is 0 Å². The van der Waals surface area contributed by atoms with Crippen molar-refractivity contribution in [3.63, 3.8) is 0 Å². The quantitative estimate of drug-likeness (QED) is 0.684. The normalized spacial score (nSPS) is 23.8. The maximum absolute atomic E-state index is 12.2. The minimum atomic E-state index is -3.24. The van der Waals surface area contributed by atoms with Gasteiger partial charge >= 0.3 is 0 Å². The number of hydrogen-bond acceptors (Lipinski definition) is 5. The fourth-order valence-corrected chi connectivity index (χ4v) is 4.15. The molecule has 0 aromatic heterocycles. The van der Waals surface area contributed by atoms with Gasteiger partial charge in [0, 0.05) is 32.5 Å². The van der Waals surface area contributed by atoms with Gasteiger partial charge in [0.15, 0.2) is 5.79 Å². The van der Waals surface area contributed by atoms with E-state index in [1.54, 1.807) is 7.05 Å². The Labute approximate surface area is 121 Å². The van der Waals surface area contributed by atoms with E-state index in [0.717, 1.165) is 25.7 Å². The van der Waals surface area contributed by atoms with Crippen molar-refractivity contribution in [2.24, 2.45) is 0 Å². The van der Waals surface area contributed by atoms with Gasteiger partial charge in [-0.05, 0) is 19.8 Å². The molecule has 2 rings (SSSR count). The largest absolute Gasteiger partial charge is 0.381 e. The Balaban J connectivity index is 1.85. The standard InChI is InChI=1S/C13H25NO5S/c1-3-17-10-11-20(15,16)14(2)12-4-6-13(7-5-12)18-8-9-19-13/h12H,3-11H2,1-2H3. The van der Waals surface area contributed by atoms with E-state index in [2.05, 4.69) is 0 Å². The summed E-state index contributed by atoms with van der Waals surface area (Å²) in [5, 5.41) is 0. The molecule has 2 aliphatic rings. The molecule has 0 bridgehead atoms. The zero-order valence-electron chi connectivity index (χ0n) is 12.3. The molecule has 1 aliphatic heterocycles. The summed E-state index contributed by atoms with van der Waals surface area (Å²) in [4.78, 5) is 0. The number of sulfonamides is 1. The van der Waals surface area contributed by atoms with Crippen LogP contribution in [-0.2, 0) is 24.2 Å². The number of rotatable bonds is 6. The molecule has 2 fully saturated rings. The Hall–Kier alpha value is -0.210. The van der Waals surface area contributed by atoms with E-state index >= 15 is 0 Å². The molecule has 0 aromatic carbocycles. The molecule has 118 valence electrons. The van der Waals surface area contributed by atoms with Gasteiger partial charge in [-0.2, -0.15) is 0 Å². The van der Waals surface area contributed by atoms with Gasteiger partial charge in [0.05, 0.1) is 25.6 Å². The fraction of sp³-hybridized carbons (Fsp3) is 1.00. The third-order valence-corrected chi connectivity index (χ3v) is 6.03. The summed E-state index contributed by atoms with van der Waals surface area (Å²) in [6.07, 6.45) is 3.10. The van der Waals surface area contributed by atoms with Crippen LogP contribution in [0.1, 0.15) is 32.6 Å². The highest BCUT2D eigenvalue weighted by Gasteiger charge is 2.42. The van der Waals surface area contributed by atoms with E-state index < -0.39 is 15.8 Å². The van der Waals surface area contributed by atoms with Gasteiger partial charge in [0.1, 0.15) is 0 Å². The molecule has 6 nitrogen and oxygen atoms in total. The predicted octanol–water partition coefficient (Wildman–Crippen LogP) is 0.970. The molecule has 20 heavy (non-hydrogen) atoms. The lowest BCUT2D eigenvalue weighted by atomic mass is 9.90. The lowest BCUT2D eigenvalue weighted by Crippen LogP contribution is -2.45. The summed E-state index contributed by atoms with van der Waals surface area (Å²) in [6, 6.07) is 0.0417. The van der Waals surface area contributed by atoms with Crippen LogP contribution in [-0.4, -0.2) is 63.8 Å². The zero-order valence-corrected chi connectivity index (χ0v) is 13.2. The van der Waals surface area contributed by atoms with Crippen LogP contribution in [0, 0.1) is 0 Å². The van der Waals surface area contributed by atoms with Crippen molar-refractivity contribution in [3.05, 3.63) is 0 Å². The summed E-state index contributed by atoms with van der Waals surface area (Å²) >= 11 is 0. The smallest absolute Gasteiger partial charge is 0.216 e. The molecule has 0 atom stereocenters. The molecule has 1 saturated carbocycles. The van der Waals surface area contributed by atoms with Crippen molar-refractivity contribution in [1.29, 1.82) is 0 Å². The lowest BCUT2D eigenvalue weighted by Gasteiger charge is -2.38. The van der Waals surface area contributed by atoms with Gasteiger partial charge in [0.25, 0.3) is 0 Å². The second kappa shape index (κ2) is 6.70. The van der Waals surface area contributed by atoms with Crippen molar-refractivity contribution in [2.45, 2.75) is 44.4 Å². The zero-order chi connectivity index (χ0) is 14.6. The van der Waals surface area contributed by atoms with Gasteiger partial charge in [0.2, 0.25) is 10.0 Å². The van der Waals surface area contributed by atoms with E-state index in [1.807, 2.05) is 6.92 Å². The molecule has 1 spiro atoms. The minimum Gasteiger partial charge on any atom is -0.381 e. The fourth-order valence-electron chi connectivity index (χ4n) is 2.87. The molecule has 1 saturated heterocycles. The molecular weight excluding hydrogens is 282 g/mol. The average Bonchev–Trinajstić information content (AvgIpc) is 2.87. The summed E-state index contributed by atoms with van der Waals surface area (Å²) < 4.78 is 42.4. The third-order valence-electron chi connectivity index (χ3n) is 4.17. The van der Waals surface area contributed by atoms with Crippen LogP contribution in [0.4, 0.5) is 0 Å². The van der Waals surface area contributed by atoms with Crippen LogP contribution >= 0.6 is 0 Å². The molecule has 0 radical (unpaired) electrons. The molecule has 0 amide bonds. The summed E-state index contributed by atoms with van der Waals surface area (Å²) in [5.74, 6) is -0.390. The monoisotopic (exact) mass is 307 g/mol. The van der Waals surface area contributed by atoms with Gasteiger partial charge in [-0.25, -0.2) is 12.7 Å². The van der Waals surface area contributed by atoms with Crippen molar-refractivity contribution < 1.29 is 22.6 Å². The molecule has 7 heteroatoms. The van der Waals surface area contributed by atoms with Crippen molar-refractivity contribution in [2.75, 3.05) is 39.2 Å². The highest BCUT2D eigenvalue weighted by Crippen LogP contribution is 2.37. The molecule has 0 aromatic rings. The van der Waals surface area contributed by atoms with Crippen molar-refractivity contribution in [3.8, 4) is 0 Å². The Bertz CT molecular complexity index is 395. The first kappa shape index (κ1) is 16.2. The number of nitrogens with zero attached hydrogens (tertiary/aromatic N) is 1. The number of hydrogen-bond donors (Lipinski definition) is 0. The Morgan fingerprint density at radius 1 is 1.25 bits per heavy atom. The van der Waals surface area contributed by atoms with Gasteiger partial charge < -0.3 is 14.2 Å². The Morgan fingerprint density at radius 2 is 1.85 bits per heavy atom. The van der Waals surface area contributed by atoms with E-state index in [-0.39, 0.29) is 18.4 Å². The lowest BCUT2D eigenvalue weighted by molar-refractivity contribution is -0.181. The van der Waals surface area contributed by atoms with E-state index in [9.17, 15) is 8.42 Å². The Morgan fingerprint density at radius 3 is 2.40 bits per heavy atom. The summed E-state index contributed by atoms with van der Waals surface area (Å²) in [6.45, 7) is 3.95. The maximum atomic E-state index is 12.2. The second-order valence-corrected chi connectivity index (χ2v) is 7.52. The van der Waals surface area contributed by atoms with E-state index in [0.29, 0.717) is 19.8 Å². The highest BCUT2D eigenvalue weighted by atomic mass is 32.2. The molecular formula is C13H25NO5S. The maximum Gasteiger partial charge on any atom is 0.216 e. The van der Waals surface area contributed by atoms with Crippen LogP contribution in [0.5, 0.6) is 0 Å². The summed E-state index contributed by atoms with van der Waals surface area (Å²) in [7, 11) is -1.57. The van der Waals surface area contributed by atoms with Crippen LogP contribution in [0.25, 0.3) is 0 Å². The first-order chi connectivity index (χ1) is 9.49. The first-order valence-electron chi connectivity index (χ1n) is 7.30. The van der Waals surface area contributed by atoms with Gasteiger partial charge in [-0.3, -0.25) is 0 Å². The predicted molar refractivity (Wildman–Crippen MR) is 74.9 cm³/mol. The minimum absolute atomic E-state index is 0.0417. The van der Waals surface area contributed by atoms with Crippen molar-refractivity contribution in [1.82, 2.24) is 4.31 Å². The van der Waals surface area contributed by atoms with E-state index in [4.69, 9.17) is 14.2 Å². The van der Waals surface area contributed by atoms with Crippen LogP contribution in [0.15, 0.2) is 0 Å². The number of ether oxygens (including phenoxy) is 3. The first-order valence-corrected chi connectivity index (χ1v) is 8.91. The molecule has 1 heterocycles. The summed E-state index contributed by atoms with van der Waals surface area (Å²) in [5.41, 5.74) is 0. The van der Waals surface area contributed by atoms with Gasteiger partial charge in [-0.1, -0.05) is 0 Å². The highest BCUT2D eigenvalue weighted by molar-refractivity contribution is 7.89.